The van der Waals surface area contributed by atoms with Crippen LogP contribution in [0.4, 0.5) is 0 Å². The van der Waals surface area contributed by atoms with Crippen molar-refractivity contribution < 1.29 is 14.3 Å². The summed E-state index contributed by atoms with van der Waals surface area (Å²) >= 11 is 0. The van der Waals surface area contributed by atoms with E-state index < -0.39 is 0 Å². The molecule has 0 radical (unpaired) electrons. The van der Waals surface area contributed by atoms with Crippen LogP contribution in [0.1, 0.15) is 10.4 Å². The zero-order valence-corrected chi connectivity index (χ0v) is 13.6. The van der Waals surface area contributed by atoms with Crippen molar-refractivity contribution in [2.45, 2.75) is 0 Å². The van der Waals surface area contributed by atoms with Crippen molar-refractivity contribution in [1.82, 2.24) is 25.5 Å². The van der Waals surface area contributed by atoms with Crippen molar-refractivity contribution in [2.75, 3.05) is 20.3 Å². The number of carbonyl (C=O) groups is 1. The molecule has 0 aliphatic heterocycles. The van der Waals surface area contributed by atoms with Crippen LogP contribution in [-0.4, -0.2) is 46.4 Å². The Morgan fingerprint density at radius 2 is 2.00 bits per heavy atom. The van der Waals surface area contributed by atoms with Gasteiger partial charge in [0.1, 0.15) is 24.4 Å². The fraction of sp³-hybridized carbons (Fsp3) is 0.176. The minimum Gasteiger partial charge on any atom is -0.497 e. The standard InChI is InChI=1S/C17H17N5O3/c1-24-13-5-4-6-14(11-13)25-10-9-18-17(23)15-7-2-3-8-16(15)22-12-19-20-21-22/h2-8,11-12H,9-10H2,1H3,(H,18,23). The van der Waals surface area contributed by atoms with Gasteiger partial charge in [0, 0.05) is 6.07 Å². The molecule has 0 fully saturated rings. The largest absolute Gasteiger partial charge is 0.497 e. The number of nitrogens with zero attached hydrogens (tertiary/aromatic N) is 4. The predicted octanol–water partition coefficient (Wildman–Crippen LogP) is 1.48. The maximum Gasteiger partial charge on any atom is 0.253 e. The number of hydrogen-bond donors (Lipinski definition) is 1. The minimum absolute atomic E-state index is 0.222. The van der Waals surface area contributed by atoms with Crippen molar-refractivity contribution in [3.05, 3.63) is 60.4 Å². The van der Waals surface area contributed by atoms with Crippen LogP contribution in [0.5, 0.6) is 11.5 Å². The number of methoxy groups -OCH3 is 1. The molecule has 0 saturated heterocycles. The number of rotatable bonds is 7. The number of ether oxygens (including phenoxy) is 2. The van der Waals surface area contributed by atoms with Gasteiger partial charge in [0.25, 0.3) is 5.91 Å². The summed E-state index contributed by atoms with van der Waals surface area (Å²) in [6.45, 7) is 0.700. The van der Waals surface area contributed by atoms with E-state index in [1.807, 2.05) is 24.3 Å². The van der Waals surface area contributed by atoms with Crippen LogP contribution >= 0.6 is 0 Å². The van der Waals surface area contributed by atoms with E-state index >= 15 is 0 Å². The van der Waals surface area contributed by atoms with E-state index in [9.17, 15) is 4.79 Å². The second-order valence-corrected chi connectivity index (χ2v) is 5.05. The smallest absolute Gasteiger partial charge is 0.253 e. The van der Waals surface area contributed by atoms with Crippen LogP contribution in [-0.2, 0) is 0 Å². The van der Waals surface area contributed by atoms with Crippen LogP contribution in [0.2, 0.25) is 0 Å². The fourth-order valence-corrected chi connectivity index (χ4v) is 2.26. The molecule has 3 aromatic rings. The Morgan fingerprint density at radius 3 is 2.80 bits per heavy atom. The van der Waals surface area contributed by atoms with Gasteiger partial charge in [-0.2, -0.15) is 4.68 Å². The summed E-state index contributed by atoms with van der Waals surface area (Å²) in [5.74, 6) is 1.18. The van der Waals surface area contributed by atoms with Crippen LogP contribution in [0.3, 0.4) is 0 Å². The first-order chi connectivity index (χ1) is 12.3. The molecule has 1 amide bonds. The summed E-state index contributed by atoms with van der Waals surface area (Å²) < 4.78 is 12.2. The number of amides is 1. The minimum atomic E-state index is -0.222. The molecule has 8 nitrogen and oxygen atoms in total. The van der Waals surface area contributed by atoms with E-state index in [2.05, 4.69) is 20.8 Å². The molecular formula is C17H17N5O3. The Morgan fingerprint density at radius 1 is 1.16 bits per heavy atom. The Hall–Kier alpha value is -3.42. The molecule has 0 aliphatic rings. The van der Waals surface area contributed by atoms with Crippen LogP contribution in [0.25, 0.3) is 5.69 Å². The lowest BCUT2D eigenvalue weighted by Crippen LogP contribution is -2.29. The van der Waals surface area contributed by atoms with Gasteiger partial charge in [-0.05, 0) is 34.7 Å². The summed E-state index contributed by atoms with van der Waals surface area (Å²) in [4.78, 5) is 12.4. The molecule has 1 aromatic heterocycles. The fourth-order valence-electron chi connectivity index (χ4n) is 2.26. The lowest BCUT2D eigenvalue weighted by atomic mass is 10.1. The molecule has 0 saturated carbocycles. The highest BCUT2D eigenvalue weighted by Crippen LogP contribution is 2.18. The second-order valence-electron chi connectivity index (χ2n) is 5.05. The monoisotopic (exact) mass is 339 g/mol. The lowest BCUT2D eigenvalue weighted by molar-refractivity contribution is 0.0947. The molecule has 0 aliphatic carbocycles. The third-order valence-corrected chi connectivity index (χ3v) is 3.44. The van der Waals surface area contributed by atoms with Gasteiger partial charge in [-0.3, -0.25) is 4.79 Å². The van der Waals surface area contributed by atoms with Gasteiger partial charge in [-0.25, -0.2) is 0 Å². The van der Waals surface area contributed by atoms with Crippen molar-refractivity contribution in [1.29, 1.82) is 0 Å². The number of tetrazole rings is 1. The van der Waals surface area contributed by atoms with Crippen molar-refractivity contribution >= 4 is 5.91 Å². The zero-order valence-electron chi connectivity index (χ0n) is 13.6. The maximum absolute atomic E-state index is 12.4. The Balaban J connectivity index is 1.57. The number of hydrogen-bond acceptors (Lipinski definition) is 6. The molecule has 0 spiro atoms. The highest BCUT2D eigenvalue weighted by molar-refractivity contribution is 5.97. The number of nitrogens with one attached hydrogen (secondary N) is 1. The van der Waals surface area contributed by atoms with E-state index in [-0.39, 0.29) is 5.91 Å². The summed E-state index contributed by atoms with van der Waals surface area (Å²) in [7, 11) is 1.60. The topological polar surface area (TPSA) is 91.2 Å². The van der Waals surface area contributed by atoms with Gasteiger partial charge in [-0.1, -0.05) is 18.2 Å². The summed E-state index contributed by atoms with van der Waals surface area (Å²) in [5, 5.41) is 13.8. The summed E-state index contributed by atoms with van der Waals surface area (Å²) in [6, 6.07) is 14.4. The number of carbonyl (C=O) groups excluding carboxylic acids is 1. The van der Waals surface area contributed by atoms with Gasteiger partial charge in [0.2, 0.25) is 0 Å². The van der Waals surface area contributed by atoms with Crippen LogP contribution in [0, 0.1) is 0 Å². The highest BCUT2D eigenvalue weighted by atomic mass is 16.5. The molecular weight excluding hydrogens is 322 g/mol. The van der Waals surface area contributed by atoms with Gasteiger partial charge in [-0.15, -0.1) is 5.10 Å². The molecule has 0 unspecified atom stereocenters. The molecule has 0 bridgehead atoms. The van der Waals surface area contributed by atoms with E-state index in [1.165, 1.54) is 11.0 Å². The van der Waals surface area contributed by atoms with Crippen LogP contribution in [0.15, 0.2) is 54.9 Å². The van der Waals surface area contributed by atoms with Crippen molar-refractivity contribution in [3.8, 4) is 17.2 Å². The predicted molar refractivity (Wildman–Crippen MR) is 90.0 cm³/mol. The maximum atomic E-state index is 12.4. The highest BCUT2D eigenvalue weighted by Gasteiger charge is 2.12. The van der Waals surface area contributed by atoms with E-state index in [4.69, 9.17) is 9.47 Å². The third kappa shape index (κ3) is 4.11. The van der Waals surface area contributed by atoms with Crippen molar-refractivity contribution in [2.24, 2.45) is 0 Å². The average Bonchev–Trinajstić information content (AvgIpc) is 3.20. The SMILES string of the molecule is COc1cccc(OCCNC(=O)c2ccccc2-n2cnnn2)c1. The van der Waals surface area contributed by atoms with Gasteiger partial charge in [0.05, 0.1) is 24.9 Å². The lowest BCUT2D eigenvalue weighted by Gasteiger charge is -2.10. The zero-order chi connectivity index (χ0) is 17.5. The number of para-hydroxylation sites is 1. The van der Waals surface area contributed by atoms with Crippen LogP contribution < -0.4 is 14.8 Å². The molecule has 128 valence electrons. The molecule has 0 atom stereocenters. The summed E-state index contributed by atoms with van der Waals surface area (Å²) in [6.07, 6.45) is 1.44. The first-order valence-electron chi connectivity index (χ1n) is 7.65. The first kappa shape index (κ1) is 16.4. The number of aromatic nitrogens is 4. The molecule has 2 aromatic carbocycles. The molecule has 25 heavy (non-hydrogen) atoms. The first-order valence-corrected chi connectivity index (χ1v) is 7.65. The molecule has 1 heterocycles. The second kappa shape index (κ2) is 7.91. The molecule has 3 rings (SSSR count). The van der Waals surface area contributed by atoms with Gasteiger partial charge >= 0.3 is 0 Å². The Labute approximate surface area is 144 Å². The third-order valence-electron chi connectivity index (χ3n) is 3.44. The molecule has 1 N–H and O–H groups in total. The Bertz CT molecular complexity index is 836. The van der Waals surface area contributed by atoms with E-state index in [0.29, 0.717) is 30.2 Å². The number of benzene rings is 2. The Kier molecular flexibility index (Phi) is 5.20. The van der Waals surface area contributed by atoms with E-state index in [1.54, 1.807) is 31.4 Å². The van der Waals surface area contributed by atoms with E-state index in [0.717, 1.165) is 5.75 Å². The average molecular weight is 339 g/mol. The summed E-state index contributed by atoms with van der Waals surface area (Å²) in [5.41, 5.74) is 1.09. The molecule has 8 heteroatoms. The normalized spacial score (nSPS) is 10.3. The quantitative estimate of drug-likeness (QED) is 0.656. The van der Waals surface area contributed by atoms with Gasteiger partial charge in [0.15, 0.2) is 0 Å². The van der Waals surface area contributed by atoms with Gasteiger partial charge < -0.3 is 14.8 Å². The van der Waals surface area contributed by atoms with Crippen molar-refractivity contribution in [3.63, 3.8) is 0 Å².